The number of carbonyl (C=O) groups is 2. The molecule has 7 heteroatoms. The molecule has 0 aromatic carbocycles. The van der Waals surface area contributed by atoms with Crippen molar-refractivity contribution >= 4 is 28.2 Å². The molecule has 26 heavy (non-hydrogen) atoms. The van der Waals surface area contributed by atoms with E-state index in [0.29, 0.717) is 27.0 Å². The van der Waals surface area contributed by atoms with Crippen LogP contribution in [0.4, 0.5) is 5.00 Å². The van der Waals surface area contributed by atoms with Crippen LogP contribution < -0.4 is 10.6 Å². The first-order chi connectivity index (χ1) is 12.2. The first kappa shape index (κ1) is 18.7. The van der Waals surface area contributed by atoms with Crippen LogP contribution in [0.5, 0.6) is 0 Å². The third-order valence-electron chi connectivity index (χ3n) is 4.53. The Morgan fingerprint density at radius 1 is 1.31 bits per heavy atom. The summed E-state index contributed by atoms with van der Waals surface area (Å²) in [4.78, 5) is 24.9. The number of furan rings is 1. The highest BCUT2D eigenvalue weighted by Crippen LogP contribution is 2.33. The van der Waals surface area contributed by atoms with Gasteiger partial charge in [-0.15, -0.1) is 11.3 Å². The van der Waals surface area contributed by atoms with Crippen LogP contribution in [0.3, 0.4) is 0 Å². The van der Waals surface area contributed by atoms with Gasteiger partial charge in [0.05, 0.1) is 16.4 Å². The zero-order chi connectivity index (χ0) is 19.1. The van der Waals surface area contributed by atoms with E-state index in [0.717, 1.165) is 18.4 Å². The van der Waals surface area contributed by atoms with E-state index >= 15 is 0 Å². The minimum atomic E-state index is -1.23. The molecular formula is C19H24N2O4S. The van der Waals surface area contributed by atoms with E-state index < -0.39 is 5.60 Å². The average Bonchev–Trinajstić information content (AvgIpc) is 3.26. The highest BCUT2D eigenvalue weighted by atomic mass is 32.1. The Morgan fingerprint density at radius 3 is 2.58 bits per heavy atom. The summed E-state index contributed by atoms with van der Waals surface area (Å²) in [6.45, 7) is 7.15. The maximum atomic E-state index is 12.5. The molecule has 1 fully saturated rings. The van der Waals surface area contributed by atoms with E-state index in [-0.39, 0.29) is 24.3 Å². The van der Waals surface area contributed by atoms with Crippen molar-refractivity contribution in [3.63, 3.8) is 0 Å². The second kappa shape index (κ2) is 6.89. The van der Waals surface area contributed by atoms with Gasteiger partial charge in [0.1, 0.15) is 17.1 Å². The molecule has 1 aliphatic carbocycles. The van der Waals surface area contributed by atoms with Gasteiger partial charge in [-0.3, -0.25) is 9.59 Å². The standard InChI is InChI=1S/C19H24N2O4S/c1-10-7-15(21-17(22)13-5-6-13)26-16(10)18(23)20-9-19(4,24)14-8-11(2)25-12(14)3/h7-8,13,24H,5-6,9H2,1-4H3,(H,20,23)(H,21,22). The predicted octanol–water partition coefficient (Wildman–Crippen LogP) is 3.25. The summed E-state index contributed by atoms with van der Waals surface area (Å²) in [5.41, 5.74) is 0.232. The smallest absolute Gasteiger partial charge is 0.261 e. The second-order valence-electron chi connectivity index (χ2n) is 7.17. The van der Waals surface area contributed by atoms with Crippen molar-refractivity contribution in [3.05, 3.63) is 39.7 Å². The van der Waals surface area contributed by atoms with E-state index in [1.165, 1.54) is 11.3 Å². The summed E-state index contributed by atoms with van der Waals surface area (Å²) in [5.74, 6) is 1.23. The van der Waals surface area contributed by atoms with Gasteiger partial charge in [-0.25, -0.2) is 0 Å². The number of hydrogen-bond acceptors (Lipinski definition) is 5. The number of hydrogen-bond donors (Lipinski definition) is 3. The SMILES string of the molecule is Cc1cc(C(C)(O)CNC(=O)c2sc(NC(=O)C3CC3)cc2C)c(C)o1. The minimum absolute atomic E-state index is 0.0203. The molecule has 0 aliphatic heterocycles. The van der Waals surface area contributed by atoms with Gasteiger partial charge >= 0.3 is 0 Å². The van der Waals surface area contributed by atoms with Crippen molar-refractivity contribution in [2.75, 3.05) is 11.9 Å². The molecule has 0 saturated heterocycles. The lowest BCUT2D eigenvalue weighted by Crippen LogP contribution is -2.38. The van der Waals surface area contributed by atoms with Crippen LogP contribution in [0, 0.1) is 26.7 Å². The Hall–Kier alpha value is -2.12. The molecule has 2 aromatic rings. The summed E-state index contributed by atoms with van der Waals surface area (Å²) in [7, 11) is 0. The molecule has 1 aliphatic rings. The van der Waals surface area contributed by atoms with Crippen LogP contribution in [0.15, 0.2) is 16.5 Å². The molecule has 3 rings (SSSR count). The average molecular weight is 376 g/mol. The lowest BCUT2D eigenvalue weighted by atomic mass is 9.96. The van der Waals surface area contributed by atoms with E-state index in [1.54, 1.807) is 19.9 Å². The summed E-state index contributed by atoms with van der Waals surface area (Å²) in [5, 5.41) is 17.0. The Bertz CT molecular complexity index is 846. The highest BCUT2D eigenvalue weighted by Gasteiger charge is 2.31. The number of rotatable bonds is 6. The molecule has 2 heterocycles. The number of amides is 2. The number of nitrogens with one attached hydrogen (secondary N) is 2. The Balaban J connectivity index is 1.65. The lowest BCUT2D eigenvalue weighted by Gasteiger charge is -2.23. The van der Waals surface area contributed by atoms with Gasteiger partial charge in [0.25, 0.3) is 5.91 Å². The van der Waals surface area contributed by atoms with Crippen molar-refractivity contribution in [1.29, 1.82) is 0 Å². The van der Waals surface area contributed by atoms with E-state index in [9.17, 15) is 14.7 Å². The molecule has 0 radical (unpaired) electrons. The molecular weight excluding hydrogens is 352 g/mol. The van der Waals surface area contributed by atoms with Gasteiger partial charge in [-0.1, -0.05) is 0 Å². The normalized spacial score (nSPS) is 16.2. The van der Waals surface area contributed by atoms with Crippen molar-refractivity contribution in [1.82, 2.24) is 5.32 Å². The number of thiophene rings is 1. The van der Waals surface area contributed by atoms with Crippen molar-refractivity contribution < 1.29 is 19.1 Å². The number of carbonyl (C=O) groups excluding carboxylic acids is 2. The highest BCUT2D eigenvalue weighted by molar-refractivity contribution is 7.18. The predicted molar refractivity (Wildman–Crippen MR) is 100 cm³/mol. The molecule has 6 nitrogen and oxygen atoms in total. The van der Waals surface area contributed by atoms with Crippen LogP contribution in [-0.4, -0.2) is 23.5 Å². The fourth-order valence-corrected chi connectivity index (χ4v) is 3.92. The van der Waals surface area contributed by atoms with E-state index in [2.05, 4.69) is 10.6 Å². The van der Waals surface area contributed by atoms with Gasteiger partial charge in [0.15, 0.2) is 0 Å². The second-order valence-corrected chi connectivity index (χ2v) is 8.22. The third-order valence-corrected chi connectivity index (χ3v) is 5.68. The lowest BCUT2D eigenvalue weighted by molar-refractivity contribution is -0.117. The molecule has 2 aromatic heterocycles. The minimum Gasteiger partial charge on any atom is -0.466 e. The largest absolute Gasteiger partial charge is 0.466 e. The molecule has 3 N–H and O–H groups in total. The fourth-order valence-electron chi connectivity index (χ4n) is 2.93. The molecule has 0 spiro atoms. The Labute approximate surface area is 156 Å². The van der Waals surface area contributed by atoms with Gasteiger partial charge in [0.2, 0.25) is 5.91 Å². The van der Waals surface area contributed by atoms with Gasteiger partial charge in [0, 0.05) is 11.5 Å². The molecule has 140 valence electrons. The molecule has 0 bridgehead atoms. The van der Waals surface area contributed by atoms with Crippen molar-refractivity contribution in [3.8, 4) is 0 Å². The quantitative estimate of drug-likeness (QED) is 0.722. The van der Waals surface area contributed by atoms with Crippen molar-refractivity contribution in [2.45, 2.75) is 46.1 Å². The zero-order valence-electron chi connectivity index (χ0n) is 15.4. The fraction of sp³-hybridized carbons (Fsp3) is 0.474. The van der Waals surface area contributed by atoms with E-state index in [4.69, 9.17) is 4.42 Å². The monoisotopic (exact) mass is 376 g/mol. The molecule has 1 saturated carbocycles. The number of aliphatic hydroxyl groups is 1. The first-order valence-electron chi connectivity index (χ1n) is 8.67. The maximum absolute atomic E-state index is 12.5. The summed E-state index contributed by atoms with van der Waals surface area (Å²) < 4.78 is 5.47. The summed E-state index contributed by atoms with van der Waals surface area (Å²) in [6.07, 6.45) is 1.87. The topological polar surface area (TPSA) is 91.6 Å². The van der Waals surface area contributed by atoms with E-state index in [1.807, 2.05) is 19.9 Å². The molecule has 1 unspecified atom stereocenters. The van der Waals surface area contributed by atoms with Crippen LogP contribution in [0.1, 0.15) is 52.1 Å². The molecule has 1 atom stereocenters. The van der Waals surface area contributed by atoms with Crippen molar-refractivity contribution in [2.24, 2.45) is 5.92 Å². The number of anilines is 1. The zero-order valence-corrected chi connectivity index (χ0v) is 16.3. The Morgan fingerprint density at radius 2 is 2.00 bits per heavy atom. The third kappa shape index (κ3) is 3.99. The van der Waals surface area contributed by atoms with Crippen LogP contribution in [-0.2, 0) is 10.4 Å². The first-order valence-corrected chi connectivity index (χ1v) is 9.48. The number of aryl methyl sites for hydroxylation is 3. The van der Waals surface area contributed by atoms with Crippen LogP contribution in [0.25, 0.3) is 0 Å². The van der Waals surface area contributed by atoms with Crippen LogP contribution >= 0.6 is 11.3 Å². The van der Waals surface area contributed by atoms with Crippen LogP contribution in [0.2, 0.25) is 0 Å². The summed E-state index contributed by atoms with van der Waals surface area (Å²) >= 11 is 1.25. The van der Waals surface area contributed by atoms with Gasteiger partial charge in [-0.05, 0) is 58.2 Å². The van der Waals surface area contributed by atoms with Gasteiger partial charge in [-0.2, -0.15) is 0 Å². The Kier molecular flexibility index (Phi) is 4.94. The maximum Gasteiger partial charge on any atom is 0.261 e. The molecule has 2 amide bonds. The van der Waals surface area contributed by atoms with Gasteiger partial charge < -0.3 is 20.2 Å². The summed E-state index contributed by atoms with van der Waals surface area (Å²) in [6, 6.07) is 3.59.